The average molecular weight is 328 g/mol. The Labute approximate surface area is 128 Å². The minimum absolute atomic E-state index is 1.08. The zero-order valence-electron chi connectivity index (χ0n) is 11.4. The number of hydrogen-bond acceptors (Lipinski definition) is 0. The summed E-state index contributed by atoms with van der Waals surface area (Å²) in [6.45, 7) is 1.08. The molecule has 0 bridgehead atoms. The molecule has 1 nitrogen and oxygen atoms in total. The Hall–Kier alpha value is -1.54. The van der Waals surface area contributed by atoms with Crippen molar-refractivity contribution < 1.29 is 0 Å². The molecule has 3 rings (SSSR count). The molecule has 0 fully saturated rings. The SMILES string of the molecule is BrCCCCn1ccc2cccc(-c3ccccc3)c21. The van der Waals surface area contributed by atoms with Gasteiger partial charge in [-0.05, 0) is 24.5 Å². The first kappa shape index (κ1) is 13.4. The Bertz CT molecular complexity index is 685. The van der Waals surface area contributed by atoms with Gasteiger partial charge >= 0.3 is 0 Å². The lowest BCUT2D eigenvalue weighted by molar-refractivity contribution is 0.655. The van der Waals surface area contributed by atoms with Crippen molar-refractivity contribution in [2.45, 2.75) is 19.4 Å². The fraction of sp³-hybridized carbons (Fsp3) is 0.222. The molecule has 3 aromatic rings. The highest BCUT2D eigenvalue weighted by molar-refractivity contribution is 9.09. The minimum Gasteiger partial charge on any atom is -0.347 e. The standard InChI is InChI=1S/C18H18BrN/c19-12-4-5-13-20-14-11-16-9-6-10-17(18(16)20)15-7-2-1-3-8-15/h1-3,6-11,14H,4-5,12-13H2. The van der Waals surface area contributed by atoms with Crippen molar-refractivity contribution in [3.8, 4) is 11.1 Å². The molecule has 0 aliphatic rings. The Morgan fingerprint density at radius 3 is 2.50 bits per heavy atom. The number of alkyl halides is 1. The van der Waals surface area contributed by atoms with Crippen LogP contribution in [-0.2, 0) is 6.54 Å². The minimum atomic E-state index is 1.08. The molecule has 0 atom stereocenters. The van der Waals surface area contributed by atoms with E-state index >= 15 is 0 Å². The van der Waals surface area contributed by atoms with Gasteiger partial charge in [0, 0.05) is 29.0 Å². The zero-order valence-corrected chi connectivity index (χ0v) is 13.0. The van der Waals surface area contributed by atoms with Crippen molar-refractivity contribution in [3.63, 3.8) is 0 Å². The number of nitrogens with zero attached hydrogens (tertiary/aromatic N) is 1. The van der Waals surface area contributed by atoms with E-state index < -0.39 is 0 Å². The summed E-state index contributed by atoms with van der Waals surface area (Å²) >= 11 is 3.51. The van der Waals surface area contributed by atoms with E-state index in [4.69, 9.17) is 0 Å². The number of aromatic nitrogens is 1. The van der Waals surface area contributed by atoms with E-state index in [9.17, 15) is 0 Å². The van der Waals surface area contributed by atoms with E-state index in [0.29, 0.717) is 0 Å². The summed E-state index contributed by atoms with van der Waals surface area (Å²) in [4.78, 5) is 0. The van der Waals surface area contributed by atoms with E-state index in [-0.39, 0.29) is 0 Å². The average Bonchev–Trinajstić information content (AvgIpc) is 2.92. The molecule has 0 aliphatic carbocycles. The molecular formula is C18H18BrN. The van der Waals surface area contributed by atoms with Gasteiger partial charge in [-0.25, -0.2) is 0 Å². The van der Waals surface area contributed by atoms with Gasteiger partial charge in [-0.3, -0.25) is 0 Å². The van der Waals surface area contributed by atoms with Gasteiger partial charge in [0.2, 0.25) is 0 Å². The van der Waals surface area contributed by atoms with Gasteiger partial charge in [0.05, 0.1) is 5.52 Å². The Morgan fingerprint density at radius 2 is 1.70 bits per heavy atom. The molecule has 0 saturated heterocycles. The quantitative estimate of drug-likeness (QED) is 0.431. The van der Waals surface area contributed by atoms with Gasteiger partial charge in [0.1, 0.15) is 0 Å². The number of benzene rings is 2. The normalized spacial score (nSPS) is 11.1. The highest BCUT2D eigenvalue weighted by Crippen LogP contribution is 2.29. The van der Waals surface area contributed by atoms with Crippen molar-refractivity contribution in [2.75, 3.05) is 5.33 Å². The molecule has 2 aromatic carbocycles. The molecule has 0 aliphatic heterocycles. The van der Waals surface area contributed by atoms with Gasteiger partial charge in [-0.1, -0.05) is 64.5 Å². The van der Waals surface area contributed by atoms with Crippen LogP contribution in [0.1, 0.15) is 12.8 Å². The van der Waals surface area contributed by atoms with Gasteiger partial charge in [0.25, 0.3) is 0 Å². The lowest BCUT2D eigenvalue weighted by Crippen LogP contribution is -1.97. The topological polar surface area (TPSA) is 4.93 Å². The lowest BCUT2D eigenvalue weighted by Gasteiger charge is -2.10. The van der Waals surface area contributed by atoms with Crippen LogP contribution in [-0.4, -0.2) is 9.90 Å². The van der Waals surface area contributed by atoms with Crippen molar-refractivity contribution >= 4 is 26.8 Å². The largest absolute Gasteiger partial charge is 0.347 e. The molecular weight excluding hydrogens is 310 g/mol. The molecule has 0 radical (unpaired) electrons. The summed E-state index contributed by atoms with van der Waals surface area (Å²) in [7, 11) is 0. The molecule has 102 valence electrons. The third-order valence-electron chi connectivity index (χ3n) is 3.66. The molecule has 0 amide bonds. The summed E-state index contributed by atoms with van der Waals surface area (Å²) in [5.74, 6) is 0. The maximum atomic E-state index is 3.51. The first-order chi connectivity index (χ1) is 9.90. The van der Waals surface area contributed by atoms with Crippen molar-refractivity contribution in [3.05, 3.63) is 60.8 Å². The molecule has 1 heterocycles. The number of hydrogen-bond donors (Lipinski definition) is 0. The zero-order chi connectivity index (χ0) is 13.8. The smallest absolute Gasteiger partial charge is 0.0559 e. The number of para-hydroxylation sites is 1. The third kappa shape index (κ3) is 2.66. The van der Waals surface area contributed by atoms with Crippen molar-refractivity contribution in [1.29, 1.82) is 0 Å². The van der Waals surface area contributed by atoms with Gasteiger partial charge in [-0.15, -0.1) is 0 Å². The van der Waals surface area contributed by atoms with Crippen LogP contribution in [0.25, 0.3) is 22.0 Å². The summed E-state index contributed by atoms with van der Waals surface area (Å²) in [6.07, 6.45) is 4.64. The molecule has 0 spiro atoms. The number of unbranched alkanes of at least 4 members (excludes halogenated alkanes) is 1. The van der Waals surface area contributed by atoms with E-state index in [2.05, 4.69) is 81.3 Å². The molecule has 2 heteroatoms. The first-order valence-electron chi connectivity index (χ1n) is 7.09. The molecule has 0 N–H and O–H groups in total. The number of aryl methyl sites for hydroxylation is 1. The van der Waals surface area contributed by atoms with Crippen molar-refractivity contribution in [2.24, 2.45) is 0 Å². The fourth-order valence-electron chi connectivity index (χ4n) is 2.67. The first-order valence-corrected chi connectivity index (χ1v) is 8.21. The maximum Gasteiger partial charge on any atom is 0.0559 e. The monoisotopic (exact) mass is 327 g/mol. The van der Waals surface area contributed by atoms with Crippen LogP contribution in [0.4, 0.5) is 0 Å². The van der Waals surface area contributed by atoms with E-state index in [1.54, 1.807) is 0 Å². The van der Waals surface area contributed by atoms with E-state index in [0.717, 1.165) is 11.9 Å². The predicted octanol–water partition coefficient (Wildman–Crippen LogP) is 5.48. The molecule has 1 aromatic heterocycles. The van der Waals surface area contributed by atoms with Crippen LogP contribution in [0.15, 0.2) is 60.8 Å². The highest BCUT2D eigenvalue weighted by Gasteiger charge is 2.07. The van der Waals surface area contributed by atoms with Crippen molar-refractivity contribution in [1.82, 2.24) is 4.57 Å². The van der Waals surface area contributed by atoms with Gasteiger partial charge < -0.3 is 4.57 Å². The summed E-state index contributed by atoms with van der Waals surface area (Å²) < 4.78 is 2.39. The Morgan fingerprint density at radius 1 is 0.850 bits per heavy atom. The molecule has 20 heavy (non-hydrogen) atoms. The Kier molecular flexibility index (Phi) is 4.22. The van der Waals surface area contributed by atoms with E-state index in [1.807, 2.05) is 0 Å². The molecule has 0 saturated carbocycles. The van der Waals surface area contributed by atoms with Crippen LogP contribution in [0.2, 0.25) is 0 Å². The summed E-state index contributed by atoms with van der Waals surface area (Å²) in [5.41, 5.74) is 3.97. The van der Waals surface area contributed by atoms with Gasteiger partial charge in [0.15, 0.2) is 0 Å². The van der Waals surface area contributed by atoms with Crippen LogP contribution >= 0.6 is 15.9 Å². The maximum absolute atomic E-state index is 3.51. The van der Waals surface area contributed by atoms with Crippen LogP contribution in [0.5, 0.6) is 0 Å². The summed E-state index contributed by atoms with van der Waals surface area (Å²) in [5, 5.41) is 2.41. The lowest BCUT2D eigenvalue weighted by atomic mass is 10.0. The Balaban J connectivity index is 2.05. The number of halogens is 1. The third-order valence-corrected chi connectivity index (χ3v) is 4.22. The van der Waals surface area contributed by atoms with Gasteiger partial charge in [-0.2, -0.15) is 0 Å². The van der Waals surface area contributed by atoms with Crippen LogP contribution in [0, 0.1) is 0 Å². The summed E-state index contributed by atoms with van der Waals surface area (Å²) in [6, 6.07) is 19.4. The number of fused-ring (bicyclic) bond motifs is 1. The van der Waals surface area contributed by atoms with E-state index in [1.165, 1.54) is 34.9 Å². The van der Waals surface area contributed by atoms with Crippen LogP contribution < -0.4 is 0 Å². The second-order valence-corrected chi connectivity index (χ2v) is 5.81. The predicted molar refractivity (Wildman–Crippen MR) is 90.4 cm³/mol. The highest BCUT2D eigenvalue weighted by atomic mass is 79.9. The second-order valence-electron chi connectivity index (χ2n) is 5.01. The fourth-order valence-corrected chi connectivity index (χ4v) is 3.07. The number of rotatable bonds is 5. The molecule has 0 unspecified atom stereocenters. The van der Waals surface area contributed by atoms with Crippen LogP contribution in [0.3, 0.4) is 0 Å². The second kappa shape index (κ2) is 6.27.